The zero-order valence-corrected chi connectivity index (χ0v) is 9.10. The van der Waals surface area contributed by atoms with Crippen LogP contribution in [-0.2, 0) is 37.5 Å². The first-order chi connectivity index (χ1) is 5.00. The molecule has 0 N–H and O–H groups in total. The van der Waals surface area contributed by atoms with E-state index in [9.17, 15) is 0 Å². The third kappa shape index (κ3) is 7.98. The topological polar surface area (TPSA) is 0 Å². The van der Waals surface area contributed by atoms with Crippen molar-refractivity contribution in [3.8, 4) is 0 Å². The predicted molar refractivity (Wildman–Crippen MR) is 44.1 cm³/mol. The average Bonchev–Trinajstić information content (AvgIpc) is 2.67. The van der Waals surface area contributed by atoms with Gasteiger partial charge in [0.2, 0.25) is 0 Å². The summed E-state index contributed by atoms with van der Waals surface area (Å²) in [5, 5.41) is 0. The van der Waals surface area contributed by atoms with Crippen LogP contribution < -0.4 is 0 Å². The summed E-state index contributed by atoms with van der Waals surface area (Å²) in [5.74, 6) is 0. The van der Waals surface area contributed by atoms with E-state index < -0.39 is 0 Å². The molecule has 0 aliphatic carbocycles. The maximum absolute atomic E-state index is 2.00. The number of hydrogen-bond donors (Lipinski definition) is 0. The molecule has 0 bridgehead atoms. The van der Waals surface area contributed by atoms with E-state index in [2.05, 4.69) is 0 Å². The molecule has 2 heteroatoms. The molecular formula is C10H10FePd. The second kappa shape index (κ2) is 10.9. The Kier molecular flexibility index (Phi) is 13.1. The third-order valence-electron chi connectivity index (χ3n) is 1.11. The average molecular weight is 292 g/mol. The first kappa shape index (κ1) is 14.4. The number of hydrogen-bond acceptors (Lipinski definition) is 0. The molecule has 0 saturated carbocycles. The Hall–Kier alpha value is -0.118. The molecule has 0 fully saturated rings. The van der Waals surface area contributed by atoms with Gasteiger partial charge in [0.15, 0.2) is 0 Å². The van der Waals surface area contributed by atoms with Crippen LogP contribution in [0.1, 0.15) is 0 Å². The maximum atomic E-state index is 2.00. The van der Waals surface area contributed by atoms with Crippen LogP contribution in [0.3, 0.4) is 0 Å². The van der Waals surface area contributed by atoms with Crippen molar-refractivity contribution in [1.29, 1.82) is 0 Å². The largest absolute Gasteiger partial charge is 2.00 e. The van der Waals surface area contributed by atoms with Crippen LogP contribution in [0.25, 0.3) is 0 Å². The van der Waals surface area contributed by atoms with Crippen molar-refractivity contribution in [1.82, 2.24) is 0 Å². The van der Waals surface area contributed by atoms with E-state index in [-0.39, 0.29) is 37.5 Å². The summed E-state index contributed by atoms with van der Waals surface area (Å²) in [6.07, 6.45) is 0. The molecule has 0 nitrogen and oxygen atoms in total. The fourth-order valence-electron chi connectivity index (χ4n) is 0.642. The van der Waals surface area contributed by atoms with Crippen LogP contribution in [-0.4, -0.2) is 0 Å². The molecule has 12 heavy (non-hydrogen) atoms. The first-order valence-electron chi connectivity index (χ1n) is 3.33. The summed E-state index contributed by atoms with van der Waals surface area (Å²) >= 11 is 0. The van der Waals surface area contributed by atoms with Crippen LogP contribution in [0.5, 0.6) is 0 Å². The van der Waals surface area contributed by atoms with Gasteiger partial charge in [0.05, 0.1) is 0 Å². The van der Waals surface area contributed by atoms with E-state index in [1.165, 1.54) is 0 Å². The van der Waals surface area contributed by atoms with Gasteiger partial charge in [-0.3, -0.25) is 0 Å². The van der Waals surface area contributed by atoms with Gasteiger partial charge in [0.1, 0.15) is 0 Å². The van der Waals surface area contributed by atoms with Crippen molar-refractivity contribution >= 4 is 0 Å². The van der Waals surface area contributed by atoms with Crippen LogP contribution in [0.4, 0.5) is 0 Å². The molecule has 0 heterocycles. The van der Waals surface area contributed by atoms with Gasteiger partial charge >= 0.3 is 17.1 Å². The van der Waals surface area contributed by atoms with E-state index >= 15 is 0 Å². The number of rotatable bonds is 0. The second-order valence-electron chi connectivity index (χ2n) is 1.92. The van der Waals surface area contributed by atoms with Gasteiger partial charge in [-0.2, -0.15) is 36.4 Å². The fourth-order valence-corrected chi connectivity index (χ4v) is 0.642. The van der Waals surface area contributed by atoms with Gasteiger partial charge in [-0.05, 0) is 0 Å². The van der Waals surface area contributed by atoms with Gasteiger partial charge in [-0.1, -0.05) is 0 Å². The molecule has 2 aromatic carbocycles. The summed E-state index contributed by atoms with van der Waals surface area (Å²) in [6, 6.07) is 20.0. The van der Waals surface area contributed by atoms with E-state index in [0.717, 1.165) is 0 Å². The van der Waals surface area contributed by atoms with Gasteiger partial charge < -0.3 is 0 Å². The minimum absolute atomic E-state index is 0. The van der Waals surface area contributed by atoms with E-state index in [1.807, 2.05) is 60.7 Å². The Morgan fingerprint density at radius 2 is 0.833 bits per heavy atom. The molecule has 2 aromatic rings. The molecule has 0 radical (unpaired) electrons. The zero-order chi connectivity index (χ0) is 7.07. The van der Waals surface area contributed by atoms with E-state index in [1.54, 1.807) is 0 Å². The molecule has 0 amide bonds. The van der Waals surface area contributed by atoms with Gasteiger partial charge in [0.25, 0.3) is 0 Å². The molecule has 0 saturated heterocycles. The van der Waals surface area contributed by atoms with Gasteiger partial charge in [-0.15, -0.1) is 0 Å². The molecule has 0 aliphatic rings. The van der Waals surface area contributed by atoms with Crippen molar-refractivity contribution in [3.63, 3.8) is 0 Å². The molecular weight excluding hydrogens is 282 g/mol. The quantitative estimate of drug-likeness (QED) is 0.517. The third-order valence-corrected chi connectivity index (χ3v) is 1.11. The molecule has 0 unspecified atom stereocenters. The smallest absolute Gasteiger partial charge is 0.214 e. The van der Waals surface area contributed by atoms with Crippen molar-refractivity contribution < 1.29 is 37.5 Å². The van der Waals surface area contributed by atoms with Gasteiger partial charge in [0, 0.05) is 20.4 Å². The van der Waals surface area contributed by atoms with Crippen LogP contribution in [0, 0.1) is 0 Å². The molecule has 0 aromatic heterocycles. The minimum Gasteiger partial charge on any atom is -0.214 e. The summed E-state index contributed by atoms with van der Waals surface area (Å²) in [4.78, 5) is 0. The molecule has 68 valence electrons. The molecule has 0 atom stereocenters. The van der Waals surface area contributed by atoms with Crippen molar-refractivity contribution in [2.45, 2.75) is 0 Å². The second-order valence-corrected chi connectivity index (χ2v) is 1.92. The molecule has 2 rings (SSSR count). The molecule has 0 spiro atoms. The van der Waals surface area contributed by atoms with Crippen LogP contribution >= 0.6 is 0 Å². The Balaban J connectivity index is 0. The van der Waals surface area contributed by atoms with E-state index in [0.29, 0.717) is 0 Å². The monoisotopic (exact) mass is 292 g/mol. The van der Waals surface area contributed by atoms with Crippen molar-refractivity contribution in [2.24, 2.45) is 0 Å². The van der Waals surface area contributed by atoms with E-state index in [4.69, 9.17) is 0 Å². The SMILES string of the molecule is [Fe+2].[Pd].c1cc[cH-]c1.c1cc[cH-]c1. The Morgan fingerprint density at radius 1 is 0.583 bits per heavy atom. The van der Waals surface area contributed by atoms with Crippen molar-refractivity contribution in [3.05, 3.63) is 60.7 Å². The minimum atomic E-state index is 0. The van der Waals surface area contributed by atoms with Crippen molar-refractivity contribution in [2.75, 3.05) is 0 Å². The van der Waals surface area contributed by atoms with Gasteiger partial charge in [-0.25, -0.2) is 24.3 Å². The Morgan fingerprint density at radius 3 is 0.917 bits per heavy atom. The summed E-state index contributed by atoms with van der Waals surface area (Å²) in [7, 11) is 0. The fraction of sp³-hybridized carbons (Fsp3) is 0. The Bertz CT molecular complexity index is 149. The standard InChI is InChI=1S/2C5H5.Fe.Pd/c2*1-2-4-5-3-1;;/h2*1-5H;;/q2*-1;+2;. The maximum Gasteiger partial charge on any atom is 2.00 e. The Labute approximate surface area is 97.8 Å². The summed E-state index contributed by atoms with van der Waals surface area (Å²) < 4.78 is 0. The van der Waals surface area contributed by atoms with Crippen LogP contribution in [0.2, 0.25) is 0 Å². The first-order valence-corrected chi connectivity index (χ1v) is 3.33. The predicted octanol–water partition coefficient (Wildman–Crippen LogP) is 2.81. The molecule has 0 aliphatic heterocycles. The van der Waals surface area contributed by atoms with Crippen LogP contribution in [0.15, 0.2) is 60.7 Å². The summed E-state index contributed by atoms with van der Waals surface area (Å²) in [6.45, 7) is 0. The zero-order valence-electron chi connectivity index (χ0n) is 6.44. The summed E-state index contributed by atoms with van der Waals surface area (Å²) in [5.41, 5.74) is 0. The normalized spacial score (nSPS) is 6.67.